The Labute approximate surface area is 152 Å². The fraction of sp³-hybridized carbons (Fsp3) is 0.312. The zero-order valence-corrected chi connectivity index (χ0v) is 14.8. The van der Waals surface area contributed by atoms with Crippen LogP contribution in [0.1, 0.15) is 5.76 Å². The maximum absolute atomic E-state index is 11.1. The number of ether oxygens (including phenoxy) is 2. The standard InChI is InChI=1S/C16H17N5O4S/c1-8-2-3-9(24-8)12-10-11(17)14(25-15(18)22)26-13(10)20-16(19-12)21-4-6-23-7-5-21/h2-3H,4-7,17H2,1H3,(H2,18,22). The molecule has 0 radical (unpaired) electrons. The van der Waals surface area contributed by atoms with E-state index in [1.807, 2.05) is 24.0 Å². The highest BCUT2D eigenvalue weighted by Gasteiger charge is 2.24. The molecule has 1 amide bonds. The lowest BCUT2D eigenvalue weighted by atomic mass is 10.2. The molecule has 3 aromatic rings. The maximum atomic E-state index is 11.1. The van der Waals surface area contributed by atoms with Gasteiger partial charge in [0.2, 0.25) is 11.0 Å². The molecule has 1 aliphatic rings. The second-order valence-corrected chi connectivity index (χ2v) is 6.75. The van der Waals surface area contributed by atoms with E-state index >= 15 is 0 Å². The van der Waals surface area contributed by atoms with E-state index in [2.05, 4.69) is 9.97 Å². The van der Waals surface area contributed by atoms with Crippen LogP contribution in [0.2, 0.25) is 0 Å². The maximum Gasteiger partial charge on any atom is 0.410 e. The van der Waals surface area contributed by atoms with Crippen molar-refractivity contribution >= 4 is 39.3 Å². The number of hydrogen-bond acceptors (Lipinski definition) is 9. The van der Waals surface area contributed by atoms with Gasteiger partial charge in [-0.05, 0) is 19.1 Å². The van der Waals surface area contributed by atoms with Gasteiger partial charge in [-0.1, -0.05) is 11.3 Å². The molecule has 4 heterocycles. The van der Waals surface area contributed by atoms with Crippen LogP contribution in [-0.4, -0.2) is 42.4 Å². The van der Waals surface area contributed by atoms with Crippen LogP contribution in [0.3, 0.4) is 0 Å². The molecule has 1 saturated heterocycles. The van der Waals surface area contributed by atoms with Gasteiger partial charge >= 0.3 is 6.09 Å². The summed E-state index contributed by atoms with van der Waals surface area (Å²) in [6.07, 6.45) is -0.931. The summed E-state index contributed by atoms with van der Waals surface area (Å²) in [4.78, 5) is 23.1. The lowest BCUT2D eigenvalue weighted by Crippen LogP contribution is -2.37. The molecule has 4 N–H and O–H groups in total. The van der Waals surface area contributed by atoms with Gasteiger partial charge in [-0.25, -0.2) is 14.8 Å². The number of carbonyl (C=O) groups is 1. The Balaban J connectivity index is 1.91. The van der Waals surface area contributed by atoms with Crippen LogP contribution in [0.25, 0.3) is 21.7 Å². The second-order valence-electron chi connectivity index (χ2n) is 5.79. The molecule has 136 valence electrons. The molecule has 4 rings (SSSR count). The van der Waals surface area contributed by atoms with Gasteiger partial charge in [0.15, 0.2) is 5.76 Å². The highest BCUT2D eigenvalue weighted by atomic mass is 32.1. The Hall–Kier alpha value is -2.85. The highest BCUT2D eigenvalue weighted by molar-refractivity contribution is 7.21. The van der Waals surface area contributed by atoms with Crippen molar-refractivity contribution in [2.24, 2.45) is 5.73 Å². The van der Waals surface area contributed by atoms with E-state index < -0.39 is 6.09 Å². The largest absolute Gasteiger partial charge is 0.460 e. The number of anilines is 2. The SMILES string of the molecule is Cc1ccc(-c2nc(N3CCOCC3)nc3sc(OC(N)=O)c(N)c23)o1. The summed E-state index contributed by atoms with van der Waals surface area (Å²) < 4.78 is 16.1. The molecule has 1 aliphatic heterocycles. The minimum absolute atomic E-state index is 0.199. The molecule has 0 saturated carbocycles. The normalized spacial score (nSPS) is 14.7. The zero-order chi connectivity index (χ0) is 18.3. The average Bonchev–Trinajstić information content (AvgIpc) is 3.19. The lowest BCUT2D eigenvalue weighted by Gasteiger charge is -2.26. The molecular weight excluding hydrogens is 358 g/mol. The van der Waals surface area contributed by atoms with Gasteiger partial charge < -0.3 is 30.3 Å². The van der Waals surface area contributed by atoms with Crippen LogP contribution in [0.4, 0.5) is 16.4 Å². The van der Waals surface area contributed by atoms with E-state index in [4.69, 9.17) is 25.4 Å². The molecule has 26 heavy (non-hydrogen) atoms. The monoisotopic (exact) mass is 375 g/mol. The fourth-order valence-electron chi connectivity index (χ4n) is 2.80. The van der Waals surface area contributed by atoms with E-state index in [9.17, 15) is 4.79 Å². The zero-order valence-electron chi connectivity index (χ0n) is 14.0. The number of aryl methyl sites for hydroxylation is 1. The summed E-state index contributed by atoms with van der Waals surface area (Å²) in [5.41, 5.74) is 12.1. The van der Waals surface area contributed by atoms with Gasteiger partial charge in [0.25, 0.3) is 0 Å². The number of amides is 1. The summed E-state index contributed by atoms with van der Waals surface area (Å²) >= 11 is 1.15. The van der Waals surface area contributed by atoms with E-state index in [0.29, 0.717) is 53.9 Å². The molecule has 0 unspecified atom stereocenters. The number of nitrogens with zero attached hydrogens (tertiary/aromatic N) is 3. The Bertz CT molecular complexity index is 977. The van der Waals surface area contributed by atoms with Crippen LogP contribution in [0, 0.1) is 6.92 Å². The quantitative estimate of drug-likeness (QED) is 0.712. The number of rotatable bonds is 3. The number of nitrogen functional groups attached to an aromatic ring is 1. The summed E-state index contributed by atoms with van der Waals surface area (Å²) in [5.74, 6) is 1.87. The topological polar surface area (TPSA) is 130 Å². The van der Waals surface area contributed by atoms with Crippen LogP contribution in [-0.2, 0) is 4.74 Å². The third-order valence-electron chi connectivity index (χ3n) is 4.00. The number of fused-ring (bicyclic) bond motifs is 1. The highest BCUT2D eigenvalue weighted by Crippen LogP contribution is 2.44. The third-order valence-corrected chi connectivity index (χ3v) is 4.98. The first-order chi connectivity index (χ1) is 12.5. The van der Waals surface area contributed by atoms with Gasteiger partial charge in [-0.15, -0.1) is 0 Å². The van der Waals surface area contributed by atoms with Gasteiger partial charge in [0, 0.05) is 13.1 Å². The van der Waals surface area contributed by atoms with E-state index in [-0.39, 0.29) is 10.8 Å². The fourth-order valence-corrected chi connectivity index (χ4v) is 3.75. The number of primary amides is 1. The molecule has 0 aliphatic carbocycles. The summed E-state index contributed by atoms with van der Waals surface area (Å²) in [7, 11) is 0. The van der Waals surface area contributed by atoms with Crippen LogP contribution in [0.5, 0.6) is 5.06 Å². The number of carbonyl (C=O) groups excluding carboxylic acids is 1. The van der Waals surface area contributed by atoms with Crippen molar-refractivity contribution in [3.8, 4) is 16.5 Å². The molecular formula is C16H17N5O4S. The lowest BCUT2D eigenvalue weighted by molar-refractivity contribution is 0.122. The van der Waals surface area contributed by atoms with Gasteiger partial charge in [-0.2, -0.15) is 0 Å². The molecule has 0 aromatic carbocycles. The van der Waals surface area contributed by atoms with Crippen molar-refractivity contribution in [2.45, 2.75) is 6.92 Å². The molecule has 0 bridgehead atoms. The summed E-state index contributed by atoms with van der Waals surface area (Å²) in [6.45, 7) is 4.45. The van der Waals surface area contributed by atoms with Crippen molar-refractivity contribution in [2.75, 3.05) is 36.9 Å². The van der Waals surface area contributed by atoms with E-state index in [0.717, 1.165) is 17.1 Å². The minimum Gasteiger partial charge on any atom is -0.460 e. The number of hydrogen-bond donors (Lipinski definition) is 2. The number of thiophene rings is 1. The number of aromatic nitrogens is 2. The number of furan rings is 1. The Morgan fingerprint density at radius 2 is 2.08 bits per heavy atom. The van der Waals surface area contributed by atoms with Crippen LogP contribution >= 0.6 is 11.3 Å². The van der Waals surface area contributed by atoms with Gasteiger partial charge in [0.1, 0.15) is 16.3 Å². The molecule has 1 fully saturated rings. The first kappa shape index (κ1) is 16.6. The summed E-state index contributed by atoms with van der Waals surface area (Å²) in [5, 5.41) is 0.781. The molecule has 3 aromatic heterocycles. The average molecular weight is 375 g/mol. The molecule has 0 atom stereocenters. The number of morpholine rings is 1. The first-order valence-electron chi connectivity index (χ1n) is 7.99. The minimum atomic E-state index is -0.931. The van der Waals surface area contributed by atoms with Crippen molar-refractivity contribution in [1.29, 1.82) is 0 Å². The molecule has 9 nitrogen and oxygen atoms in total. The first-order valence-corrected chi connectivity index (χ1v) is 8.81. The van der Waals surface area contributed by atoms with E-state index in [1.165, 1.54) is 0 Å². The predicted octanol–water partition coefficient (Wildman–Crippen LogP) is 2.14. The molecule has 10 heteroatoms. The van der Waals surface area contributed by atoms with Crippen molar-refractivity contribution in [1.82, 2.24) is 9.97 Å². The van der Waals surface area contributed by atoms with Gasteiger partial charge in [-0.3, -0.25) is 0 Å². The third kappa shape index (κ3) is 2.93. The Morgan fingerprint density at radius 3 is 2.73 bits per heavy atom. The second kappa shape index (κ2) is 6.46. The van der Waals surface area contributed by atoms with Crippen molar-refractivity contribution in [3.63, 3.8) is 0 Å². The smallest absolute Gasteiger partial charge is 0.410 e. The van der Waals surface area contributed by atoms with Gasteiger partial charge in [0.05, 0.1) is 24.3 Å². The molecule has 0 spiro atoms. The van der Waals surface area contributed by atoms with Crippen LogP contribution in [0.15, 0.2) is 16.5 Å². The van der Waals surface area contributed by atoms with E-state index in [1.54, 1.807) is 0 Å². The number of nitrogens with two attached hydrogens (primary N) is 2. The Kier molecular flexibility index (Phi) is 4.13. The van der Waals surface area contributed by atoms with Crippen molar-refractivity contribution < 1.29 is 18.7 Å². The predicted molar refractivity (Wildman–Crippen MR) is 97.5 cm³/mol. The van der Waals surface area contributed by atoms with Crippen molar-refractivity contribution in [3.05, 3.63) is 17.9 Å². The van der Waals surface area contributed by atoms with Crippen LogP contribution < -0.4 is 21.1 Å². The summed E-state index contributed by atoms with van der Waals surface area (Å²) in [6, 6.07) is 3.67. The Morgan fingerprint density at radius 1 is 1.31 bits per heavy atom.